The number of hydrogen-bond acceptors (Lipinski definition) is 3. The van der Waals surface area contributed by atoms with E-state index in [2.05, 4.69) is 4.98 Å². The molecular weight excluding hydrogens is 287 g/mol. The molecule has 8 heteroatoms. The second-order valence-corrected chi connectivity index (χ2v) is 5.07. The first-order chi connectivity index (χ1) is 9.88. The van der Waals surface area contributed by atoms with Crippen molar-refractivity contribution < 1.29 is 22.8 Å². The van der Waals surface area contributed by atoms with Crippen LogP contribution in [-0.4, -0.2) is 40.8 Å². The number of nitrogens with zero attached hydrogens (tertiary/aromatic N) is 3. The molecule has 21 heavy (non-hydrogen) atoms. The fourth-order valence-corrected chi connectivity index (χ4v) is 2.74. The van der Waals surface area contributed by atoms with E-state index in [-0.39, 0.29) is 24.0 Å². The molecule has 2 fully saturated rings. The first-order valence-corrected chi connectivity index (χ1v) is 6.52. The molecule has 0 spiro atoms. The summed E-state index contributed by atoms with van der Waals surface area (Å²) in [5, 5.41) is 0. The summed E-state index contributed by atoms with van der Waals surface area (Å²) < 4.78 is 37.4. The second kappa shape index (κ2) is 4.71. The van der Waals surface area contributed by atoms with E-state index in [1.165, 1.54) is 15.9 Å². The Kier molecular flexibility index (Phi) is 3.11. The number of piperazine rings is 1. The number of fused-ring (bicyclic) bond motifs is 1. The highest BCUT2D eigenvalue weighted by Gasteiger charge is 2.42. The molecule has 2 aliphatic rings. The van der Waals surface area contributed by atoms with Gasteiger partial charge in [0.1, 0.15) is 18.3 Å². The van der Waals surface area contributed by atoms with E-state index >= 15 is 0 Å². The lowest BCUT2D eigenvalue weighted by molar-refractivity contribution is -0.141. The second-order valence-electron chi connectivity index (χ2n) is 5.07. The Morgan fingerprint density at radius 1 is 1.24 bits per heavy atom. The van der Waals surface area contributed by atoms with Gasteiger partial charge < -0.3 is 4.90 Å². The molecule has 0 aliphatic carbocycles. The van der Waals surface area contributed by atoms with Crippen molar-refractivity contribution in [3.05, 3.63) is 24.0 Å². The number of carbonyl (C=O) groups excluding carboxylic acids is 2. The molecule has 3 rings (SSSR count). The Bertz CT molecular complexity index is 585. The van der Waals surface area contributed by atoms with Crippen molar-refractivity contribution in [2.45, 2.75) is 25.1 Å². The lowest BCUT2D eigenvalue weighted by atomic mass is 10.1. The van der Waals surface area contributed by atoms with Crippen LogP contribution in [0.3, 0.4) is 0 Å². The van der Waals surface area contributed by atoms with Gasteiger partial charge in [-0.2, -0.15) is 13.2 Å². The summed E-state index contributed by atoms with van der Waals surface area (Å²) in [4.78, 5) is 30.4. The summed E-state index contributed by atoms with van der Waals surface area (Å²) in [5.74, 6) is -0.439. The maximum absolute atomic E-state index is 12.5. The van der Waals surface area contributed by atoms with Crippen LogP contribution in [0, 0.1) is 0 Å². The van der Waals surface area contributed by atoms with Gasteiger partial charge >= 0.3 is 6.18 Å². The molecule has 0 N–H and O–H groups in total. The first kappa shape index (κ1) is 13.8. The van der Waals surface area contributed by atoms with Crippen molar-refractivity contribution in [3.63, 3.8) is 0 Å². The molecule has 2 amide bonds. The van der Waals surface area contributed by atoms with Crippen LogP contribution >= 0.6 is 0 Å². The summed E-state index contributed by atoms with van der Waals surface area (Å²) in [7, 11) is 0. The van der Waals surface area contributed by atoms with Crippen LogP contribution in [0.4, 0.5) is 18.9 Å². The van der Waals surface area contributed by atoms with E-state index in [9.17, 15) is 22.8 Å². The molecule has 0 aromatic carbocycles. The number of alkyl halides is 3. The number of amides is 2. The number of carbonyl (C=O) groups is 2. The van der Waals surface area contributed by atoms with E-state index in [0.717, 1.165) is 18.7 Å². The molecule has 2 saturated heterocycles. The molecule has 0 saturated carbocycles. The van der Waals surface area contributed by atoms with Crippen molar-refractivity contribution in [1.29, 1.82) is 0 Å². The number of hydrogen-bond donors (Lipinski definition) is 0. The fourth-order valence-electron chi connectivity index (χ4n) is 2.74. The summed E-state index contributed by atoms with van der Waals surface area (Å²) in [6.07, 6.45) is -2.18. The molecule has 1 unspecified atom stereocenters. The molecular formula is C13H12F3N3O2. The smallest absolute Gasteiger partial charge is 0.329 e. The van der Waals surface area contributed by atoms with E-state index in [4.69, 9.17) is 0 Å². The maximum Gasteiger partial charge on any atom is 0.433 e. The van der Waals surface area contributed by atoms with Gasteiger partial charge in [-0.25, -0.2) is 4.98 Å². The van der Waals surface area contributed by atoms with Gasteiger partial charge in [-0.3, -0.25) is 14.5 Å². The predicted molar refractivity (Wildman–Crippen MR) is 66.3 cm³/mol. The number of rotatable bonds is 1. The Morgan fingerprint density at radius 3 is 2.62 bits per heavy atom. The van der Waals surface area contributed by atoms with E-state index in [1.54, 1.807) is 0 Å². The lowest BCUT2D eigenvalue weighted by Crippen LogP contribution is -2.57. The Labute approximate surface area is 118 Å². The van der Waals surface area contributed by atoms with Crippen LogP contribution in [0.15, 0.2) is 18.3 Å². The topological polar surface area (TPSA) is 53.5 Å². The van der Waals surface area contributed by atoms with Crippen LogP contribution < -0.4 is 4.90 Å². The molecule has 1 aromatic heterocycles. The van der Waals surface area contributed by atoms with Gasteiger partial charge in [0.05, 0.1) is 11.9 Å². The molecule has 5 nitrogen and oxygen atoms in total. The third kappa shape index (κ3) is 2.34. The zero-order chi connectivity index (χ0) is 15.2. The number of anilines is 1. The normalized spacial score (nSPS) is 22.7. The minimum absolute atomic E-state index is 0.150. The molecule has 3 heterocycles. The SMILES string of the molecule is O=C1C2CCCN2C(=O)CN1c1ccc(C(F)(F)F)nc1. The van der Waals surface area contributed by atoms with Crippen molar-refractivity contribution in [2.24, 2.45) is 0 Å². The largest absolute Gasteiger partial charge is 0.433 e. The number of halogens is 3. The fraction of sp³-hybridized carbons (Fsp3) is 0.462. The standard InChI is InChI=1S/C13H12F3N3O2/c14-13(15,16)10-4-3-8(6-17-10)19-7-11(20)18-5-1-2-9(18)12(19)21/h3-4,6,9H,1-2,5,7H2. The van der Waals surface area contributed by atoms with Crippen molar-refractivity contribution >= 4 is 17.5 Å². The van der Waals surface area contributed by atoms with Crippen molar-refractivity contribution in [2.75, 3.05) is 18.0 Å². The summed E-state index contributed by atoms with van der Waals surface area (Å²) in [5.41, 5.74) is -0.808. The zero-order valence-electron chi connectivity index (χ0n) is 10.9. The summed E-state index contributed by atoms with van der Waals surface area (Å²) in [6, 6.07) is 1.49. The molecule has 0 bridgehead atoms. The van der Waals surface area contributed by atoms with Gasteiger partial charge in [-0.05, 0) is 25.0 Å². The van der Waals surface area contributed by atoms with E-state index < -0.39 is 17.9 Å². The highest BCUT2D eigenvalue weighted by molar-refractivity contribution is 6.06. The van der Waals surface area contributed by atoms with Crippen molar-refractivity contribution in [1.82, 2.24) is 9.88 Å². The Hall–Kier alpha value is -2.12. The highest BCUT2D eigenvalue weighted by Crippen LogP contribution is 2.30. The molecule has 1 aromatic rings. The van der Waals surface area contributed by atoms with Gasteiger partial charge in [-0.15, -0.1) is 0 Å². The van der Waals surface area contributed by atoms with Gasteiger partial charge in [0, 0.05) is 6.54 Å². The van der Waals surface area contributed by atoms with Crippen LogP contribution in [-0.2, 0) is 15.8 Å². The van der Waals surface area contributed by atoms with Gasteiger partial charge in [0.25, 0.3) is 0 Å². The van der Waals surface area contributed by atoms with Gasteiger partial charge in [0.15, 0.2) is 0 Å². The first-order valence-electron chi connectivity index (χ1n) is 6.52. The van der Waals surface area contributed by atoms with Gasteiger partial charge in [0.2, 0.25) is 11.8 Å². The highest BCUT2D eigenvalue weighted by atomic mass is 19.4. The number of aromatic nitrogens is 1. The number of pyridine rings is 1. The quantitative estimate of drug-likeness (QED) is 0.788. The van der Waals surface area contributed by atoms with Crippen molar-refractivity contribution in [3.8, 4) is 0 Å². The molecule has 0 radical (unpaired) electrons. The average molecular weight is 299 g/mol. The van der Waals surface area contributed by atoms with E-state index in [1.807, 2.05) is 0 Å². The van der Waals surface area contributed by atoms with Crippen LogP contribution in [0.5, 0.6) is 0 Å². The summed E-state index contributed by atoms with van der Waals surface area (Å²) >= 11 is 0. The monoisotopic (exact) mass is 299 g/mol. The van der Waals surface area contributed by atoms with E-state index in [0.29, 0.717) is 13.0 Å². The van der Waals surface area contributed by atoms with Crippen LogP contribution in [0.2, 0.25) is 0 Å². The molecule has 2 aliphatic heterocycles. The molecule has 1 atom stereocenters. The Balaban J connectivity index is 1.86. The lowest BCUT2D eigenvalue weighted by Gasteiger charge is -2.36. The summed E-state index contributed by atoms with van der Waals surface area (Å²) in [6.45, 7) is 0.413. The van der Waals surface area contributed by atoms with Crippen LogP contribution in [0.1, 0.15) is 18.5 Å². The predicted octanol–water partition coefficient (Wildman–Crippen LogP) is 1.44. The minimum atomic E-state index is -4.53. The minimum Gasteiger partial charge on any atom is -0.329 e. The third-order valence-electron chi connectivity index (χ3n) is 3.77. The zero-order valence-corrected chi connectivity index (χ0v) is 10.9. The maximum atomic E-state index is 12.5. The Morgan fingerprint density at radius 2 is 2.00 bits per heavy atom. The third-order valence-corrected chi connectivity index (χ3v) is 3.77. The van der Waals surface area contributed by atoms with Crippen LogP contribution in [0.25, 0.3) is 0 Å². The average Bonchev–Trinajstić information content (AvgIpc) is 2.92. The molecule has 112 valence electrons. The van der Waals surface area contributed by atoms with Gasteiger partial charge in [-0.1, -0.05) is 0 Å².